The lowest BCUT2D eigenvalue weighted by atomic mass is 10.0. The molecule has 3 rings (SSSR count). The van der Waals surface area contributed by atoms with E-state index in [1.54, 1.807) is 30.3 Å². The minimum Gasteiger partial charge on any atom is -0.311 e. The summed E-state index contributed by atoms with van der Waals surface area (Å²) in [5.41, 5.74) is 3.06. The molecule has 2 aromatic carbocycles. The molecule has 0 aliphatic carbocycles. The van der Waals surface area contributed by atoms with E-state index in [1.165, 1.54) is 23.0 Å². The number of rotatable bonds is 5. The van der Waals surface area contributed by atoms with Crippen molar-refractivity contribution in [3.63, 3.8) is 0 Å². The van der Waals surface area contributed by atoms with Crippen LogP contribution in [0.5, 0.6) is 0 Å². The van der Waals surface area contributed by atoms with Crippen molar-refractivity contribution in [2.45, 2.75) is 19.8 Å². The smallest absolute Gasteiger partial charge is 0.269 e. The maximum Gasteiger partial charge on any atom is 0.269 e. The Hall–Kier alpha value is -3.48. The molecule has 138 valence electrons. The molecule has 7 nitrogen and oxygen atoms in total. The molecule has 0 radical (unpaired) electrons. The molecule has 1 heterocycles. The second-order valence-electron chi connectivity index (χ2n) is 6.56. The van der Waals surface area contributed by atoms with E-state index in [4.69, 9.17) is 0 Å². The first kappa shape index (κ1) is 18.3. The Labute approximate surface area is 157 Å². The van der Waals surface area contributed by atoms with Gasteiger partial charge < -0.3 is 4.90 Å². The zero-order valence-electron chi connectivity index (χ0n) is 15.4. The number of carbonyl (C=O) groups is 1. The van der Waals surface area contributed by atoms with Crippen LogP contribution in [0.25, 0.3) is 5.69 Å². The van der Waals surface area contributed by atoms with Gasteiger partial charge in [-0.25, -0.2) is 4.68 Å². The monoisotopic (exact) mass is 364 g/mol. The first-order valence-corrected chi connectivity index (χ1v) is 8.54. The fraction of sp³-hybridized carbons (Fsp3) is 0.200. The number of non-ortho nitro benzene ring substituents is 1. The minimum atomic E-state index is -0.456. The zero-order chi connectivity index (χ0) is 19.6. The molecule has 0 saturated heterocycles. The predicted molar refractivity (Wildman–Crippen MR) is 103 cm³/mol. The normalized spacial score (nSPS) is 10.8. The molecule has 0 spiro atoms. The van der Waals surface area contributed by atoms with Gasteiger partial charge in [-0.05, 0) is 35.7 Å². The fourth-order valence-corrected chi connectivity index (χ4v) is 2.70. The molecule has 0 atom stereocenters. The molecule has 1 aromatic heterocycles. The first-order chi connectivity index (χ1) is 12.9. The Morgan fingerprint density at radius 3 is 2.52 bits per heavy atom. The highest BCUT2D eigenvalue weighted by molar-refractivity contribution is 6.05. The number of hydrogen-bond acceptors (Lipinski definition) is 4. The lowest BCUT2D eigenvalue weighted by molar-refractivity contribution is -0.384. The van der Waals surface area contributed by atoms with E-state index in [0.717, 1.165) is 11.3 Å². The molecule has 3 aromatic rings. The van der Waals surface area contributed by atoms with Crippen LogP contribution in [0.15, 0.2) is 60.9 Å². The Morgan fingerprint density at radius 1 is 1.19 bits per heavy atom. The van der Waals surface area contributed by atoms with E-state index >= 15 is 0 Å². The van der Waals surface area contributed by atoms with Crippen LogP contribution >= 0.6 is 0 Å². The quantitative estimate of drug-likeness (QED) is 0.502. The van der Waals surface area contributed by atoms with Crippen LogP contribution in [0.4, 0.5) is 11.4 Å². The summed E-state index contributed by atoms with van der Waals surface area (Å²) in [7, 11) is 1.73. The van der Waals surface area contributed by atoms with Gasteiger partial charge in [0.2, 0.25) is 0 Å². The number of nitro benzene ring substituents is 1. The van der Waals surface area contributed by atoms with Gasteiger partial charge in [0.1, 0.15) is 0 Å². The number of aromatic nitrogens is 2. The molecular formula is C20H20N4O3. The van der Waals surface area contributed by atoms with Crippen LogP contribution in [0.2, 0.25) is 0 Å². The molecule has 0 fully saturated rings. The summed E-state index contributed by atoms with van der Waals surface area (Å²) in [6.45, 7) is 4.21. The zero-order valence-corrected chi connectivity index (χ0v) is 15.4. The van der Waals surface area contributed by atoms with Crippen LogP contribution in [0.1, 0.15) is 35.7 Å². The maximum absolute atomic E-state index is 12.8. The summed E-state index contributed by atoms with van der Waals surface area (Å²) < 4.78 is 1.52. The van der Waals surface area contributed by atoms with Crippen molar-refractivity contribution in [2.75, 3.05) is 11.9 Å². The van der Waals surface area contributed by atoms with Crippen LogP contribution in [-0.4, -0.2) is 27.7 Å². The molecule has 27 heavy (non-hydrogen) atoms. The molecule has 7 heteroatoms. The molecular weight excluding hydrogens is 344 g/mol. The van der Waals surface area contributed by atoms with Gasteiger partial charge >= 0.3 is 0 Å². The Bertz CT molecular complexity index is 977. The third-order valence-corrected chi connectivity index (χ3v) is 4.38. The van der Waals surface area contributed by atoms with E-state index in [2.05, 4.69) is 18.9 Å². The topological polar surface area (TPSA) is 81.3 Å². The van der Waals surface area contributed by atoms with E-state index in [9.17, 15) is 14.9 Å². The number of benzene rings is 2. The highest BCUT2D eigenvalue weighted by Gasteiger charge is 2.17. The van der Waals surface area contributed by atoms with Crippen LogP contribution < -0.4 is 4.90 Å². The van der Waals surface area contributed by atoms with Gasteiger partial charge in [-0.3, -0.25) is 14.9 Å². The van der Waals surface area contributed by atoms with Crippen molar-refractivity contribution in [2.24, 2.45) is 0 Å². The standard InChI is InChI=1S/C20H20N4O3/c1-14(2)15-5-4-6-19(11-15)22(3)20(25)16-12-21-23(13-16)17-7-9-18(10-8-17)24(26)27/h4-14H,1-3H3. The lowest BCUT2D eigenvalue weighted by Crippen LogP contribution is -2.26. The molecule has 0 N–H and O–H groups in total. The summed E-state index contributed by atoms with van der Waals surface area (Å²) in [5, 5.41) is 15.0. The fourth-order valence-electron chi connectivity index (χ4n) is 2.70. The maximum atomic E-state index is 12.8. The van der Waals surface area contributed by atoms with Crippen LogP contribution in [-0.2, 0) is 0 Å². The molecule has 0 unspecified atom stereocenters. The summed E-state index contributed by atoms with van der Waals surface area (Å²) in [6.07, 6.45) is 3.11. The van der Waals surface area contributed by atoms with Gasteiger partial charge in [-0.1, -0.05) is 26.0 Å². The Kier molecular flexibility index (Phi) is 5.03. The van der Waals surface area contributed by atoms with Crippen molar-refractivity contribution < 1.29 is 9.72 Å². The second kappa shape index (κ2) is 7.41. The first-order valence-electron chi connectivity index (χ1n) is 8.54. The van der Waals surface area contributed by atoms with Crippen molar-refractivity contribution in [1.82, 2.24) is 9.78 Å². The van der Waals surface area contributed by atoms with Crippen molar-refractivity contribution in [3.8, 4) is 5.69 Å². The largest absolute Gasteiger partial charge is 0.311 e. The van der Waals surface area contributed by atoms with E-state index in [1.807, 2.05) is 24.3 Å². The lowest BCUT2D eigenvalue weighted by Gasteiger charge is -2.18. The van der Waals surface area contributed by atoms with E-state index < -0.39 is 4.92 Å². The third kappa shape index (κ3) is 3.87. The number of hydrogen-bond donors (Lipinski definition) is 0. The van der Waals surface area contributed by atoms with Crippen molar-refractivity contribution in [3.05, 3.63) is 82.2 Å². The average Bonchev–Trinajstić information content (AvgIpc) is 3.17. The predicted octanol–water partition coefficient (Wildman–Crippen LogP) is 4.18. The van der Waals surface area contributed by atoms with Crippen LogP contribution in [0, 0.1) is 10.1 Å². The Balaban J connectivity index is 1.82. The average molecular weight is 364 g/mol. The number of nitrogens with zero attached hydrogens (tertiary/aromatic N) is 4. The summed E-state index contributed by atoms with van der Waals surface area (Å²) in [4.78, 5) is 24.7. The van der Waals surface area contributed by atoms with Gasteiger partial charge in [0.05, 0.1) is 22.4 Å². The molecule has 0 saturated carbocycles. The number of carbonyl (C=O) groups excluding carboxylic acids is 1. The Morgan fingerprint density at radius 2 is 1.89 bits per heavy atom. The highest BCUT2D eigenvalue weighted by atomic mass is 16.6. The van der Waals surface area contributed by atoms with Gasteiger partial charge in [-0.15, -0.1) is 0 Å². The summed E-state index contributed by atoms with van der Waals surface area (Å²) in [6, 6.07) is 13.9. The summed E-state index contributed by atoms with van der Waals surface area (Å²) >= 11 is 0. The molecule has 1 amide bonds. The van der Waals surface area contributed by atoms with Gasteiger partial charge in [0.15, 0.2) is 0 Å². The van der Waals surface area contributed by atoms with E-state index in [-0.39, 0.29) is 11.6 Å². The SMILES string of the molecule is CC(C)c1cccc(N(C)C(=O)c2cnn(-c3ccc([N+](=O)[O-])cc3)c2)c1. The van der Waals surface area contributed by atoms with Gasteiger partial charge in [-0.2, -0.15) is 5.10 Å². The highest BCUT2D eigenvalue weighted by Crippen LogP contribution is 2.22. The second-order valence-corrected chi connectivity index (χ2v) is 6.56. The minimum absolute atomic E-state index is 0.00646. The molecule has 0 bridgehead atoms. The molecule has 0 aliphatic rings. The van der Waals surface area contributed by atoms with Crippen LogP contribution in [0.3, 0.4) is 0 Å². The van der Waals surface area contributed by atoms with Crippen molar-refractivity contribution in [1.29, 1.82) is 0 Å². The third-order valence-electron chi connectivity index (χ3n) is 4.38. The van der Waals surface area contributed by atoms with Gasteiger partial charge in [0.25, 0.3) is 11.6 Å². The number of nitro groups is 1. The van der Waals surface area contributed by atoms with Gasteiger partial charge in [0, 0.05) is 31.1 Å². The molecule has 0 aliphatic heterocycles. The summed E-state index contributed by atoms with van der Waals surface area (Å²) in [5.74, 6) is 0.197. The van der Waals surface area contributed by atoms with E-state index in [0.29, 0.717) is 17.2 Å². The number of anilines is 1. The number of amides is 1. The van der Waals surface area contributed by atoms with Crippen molar-refractivity contribution >= 4 is 17.3 Å².